The minimum absolute atomic E-state index is 0.442. The summed E-state index contributed by atoms with van der Waals surface area (Å²) in [4.78, 5) is 11.7. The van der Waals surface area contributed by atoms with E-state index in [-0.39, 0.29) is 0 Å². The molecule has 0 amide bonds. The second-order valence-corrected chi connectivity index (χ2v) is 9.34. The molecule has 1 saturated heterocycles. The molecule has 3 aromatic rings. The molecular formula is C25H27ClN7O+. The summed E-state index contributed by atoms with van der Waals surface area (Å²) in [6.45, 7) is 2.95. The normalized spacial score (nSPS) is 18.1. The number of anilines is 1. The summed E-state index contributed by atoms with van der Waals surface area (Å²) in [5.74, 6) is 1.50. The maximum Gasteiger partial charge on any atom is 0.472 e. The van der Waals surface area contributed by atoms with E-state index >= 15 is 0 Å². The largest absolute Gasteiger partial charge is 0.472 e. The number of ether oxygens (including phenoxy) is 1. The zero-order chi connectivity index (χ0) is 22.9. The van der Waals surface area contributed by atoms with Gasteiger partial charge in [-0.2, -0.15) is 0 Å². The molecule has 4 heterocycles. The molecule has 8 nitrogen and oxygen atoms in total. The van der Waals surface area contributed by atoms with Crippen molar-refractivity contribution in [1.82, 2.24) is 29.3 Å². The lowest BCUT2D eigenvalue weighted by Gasteiger charge is -2.22. The third-order valence-electron chi connectivity index (χ3n) is 6.65. The molecule has 3 aliphatic rings. The molecule has 0 atom stereocenters. The number of nitrogens with one attached hydrogen (secondary N) is 1. The Hall–Kier alpha value is -3.19. The summed E-state index contributed by atoms with van der Waals surface area (Å²) < 4.78 is 12.3. The number of halogens is 1. The van der Waals surface area contributed by atoms with E-state index in [9.17, 15) is 0 Å². The summed E-state index contributed by atoms with van der Waals surface area (Å²) in [7, 11) is 0. The third kappa shape index (κ3) is 4.09. The first-order valence-corrected chi connectivity index (χ1v) is 12.3. The van der Waals surface area contributed by atoms with E-state index in [0.29, 0.717) is 36.6 Å². The zero-order valence-electron chi connectivity index (χ0n) is 19.0. The van der Waals surface area contributed by atoms with Crippen molar-refractivity contribution in [2.75, 3.05) is 31.6 Å². The van der Waals surface area contributed by atoms with Crippen LogP contribution in [0.15, 0.2) is 36.5 Å². The number of benzene rings is 1. The fraction of sp³-hybridized carbons (Fsp3) is 0.400. The van der Waals surface area contributed by atoms with Crippen LogP contribution in [0.1, 0.15) is 31.4 Å². The highest BCUT2D eigenvalue weighted by molar-refractivity contribution is 6.30. The molecule has 0 spiro atoms. The fourth-order valence-electron chi connectivity index (χ4n) is 4.98. The van der Waals surface area contributed by atoms with Crippen LogP contribution in [0.5, 0.6) is 0 Å². The molecule has 1 aromatic carbocycles. The minimum Gasteiger partial charge on any atom is -0.375 e. The first-order chi connectivity index (χ1) is 16.8. The number of fused-ring (bicyclic) bond motifs is 1. The summed E-state index contributed by atoms with van der Waals surface area (Å²) >= 11 is 6.37. The van der Waals surface area contributed by atoms with Crippen LogP contribution in [0.25, 0.3) is 22.5 Å². The van der Waals surface area contributed by atoms with Gasteiger partial charge in [0, 0.05) is 22.8 Å². The summed E-state index contributed by atoms with van der Waals surface area (Å²) in [6, 6.07) is 10.2. The Morgan fingerprint density at radius 3 is 2.79 bits per heavy atom. The highest BCUT2D eigenvalue weighted by atomic mass is 35.5. The number of rotatable bonds is 4. The van der Waals surface area contributed by atoms with Gasteiger partial charge in [0.05, 0.1) is 44.0 Å². The molecule has 1 aliphatic carbocycles. The van der Waals surface area contributed by atoms with E-state index in [1.807, 2.05) is 47.4 Å². The van der Waals surface area contributed by atoms with Crippen molar-refractivity contribution in [2.24, 2.45) is 0 Å². The number of nitrogens with zero attached hydrogens (tertiary/aromatic N) is 6. The van der Waals surface area contributed by atoms with E-state index in [0.717, 1.165) is 47.3 Å². The second-order valence-electron chi connectivity index (χ2n) is 8.90. The minimum atomic E-state index is 0.442. The van der Waals surface area contributed by atoms with E-state index in [4.69, 9.17) is 31.1 Å². The first kappa shape index (κ1) is 21.4. The Kier molecular flexibility index (Phi) is 5.79. The lowest BCUT2D eigenvalue weighted by Crippen LogP contribution is -2.46. The van der Waals surface area contributed by atoms with Crippen LogP contribution in [-0.2, 0) is 11.2 Å². The van der Waals surface area contributed by atoms with Crippen LogP contribution in [-0.4, -0.2) is 69.2 Å². The Morgan fingerprint density at radius 2 is 1.97 bits per heavy atom. The average Bonchev–Trinajstić information content (AvgIpc) is 3.52. The predicted molar refractivity (Wildman–Crippen MR) is 134 cm³/mol. The van der Waals surface area contributed by atoms with Crippen molar-refractivity contribution in [3.63, 3.8) is 0 Å². The predicted octanol–water partition coefficient (Wildman–Crippen LogP) is 3.25. The number of hydrogen-bond acceptors (Lipinski definition) is 6. The van der Waals surface area contributed by atoms with Crippen molar-refractivity contribution in [3.8, 4) is 22.5 Å². The van der Waals surface area contributed by atoms with Gasteiger partial charge in [0.15, 0.2) is 0 Å². The average molecular weight is 477 g/mol. The summed E-state index contributed by atoms with van der Waals surface area (Å²) in [5.41, 5.74) is 4.71. The summed E-state index contributed by atoms with van der Waals surface area (Å²) in [6.07, 6.45) is 9.31. The van der Waals surface area contributed by atoms with Gasteiger partial charge in [-0.3, -0.25) is 0 Å². The smallest absolute Gasteiger partial charge is 0.375 e. The SMILES string of the molecule is Clc1cccc(-c2nn3c(c2-c2ccnc(NC4CCCC4)n2)CC=[N+]=C3N2CCOCC2)c1. The van der Waals surface area contributed by atoms with Gasteiger partial charge >= 0.3 is 5.96 Å². The van der Waals surface area contributed by atoms with Crippen LogP contribution in [0, 0.1) is 0 Å². The van der Waals surface area contributed by atoms with Crippen LogP contribution in [0.3, 0.4) is 0 Å². The van der Waals surface area contributed by atoms with Crippen molar-refractivity contribution in [2.45, 2.75) is 38.1 Å². The second kappa shape index (κ2) is 9.22. The first-order valence-electron chi connectivity index (χ1n) is 12.0. The van der Waals surface area contributed by atoms with Gasteiger partial charge in [0.25, 0.3) is 0 Å². The van der Waals surface area contributed by atoms with Gasteiger partial charge in [0.2, 0.25) is 5.95 Å². The molecule has 174 valence electrons. The van der Waals surface area contributed by atoms with Crippen LogP contribution in [0.4, 0.5) is 5.95 Å². The number of aromatic nitrogens is 4. The Bertz CT molecular complexity index is 1270. The van der Waals surface area contributed by atoms with Crippen LogP contribution < -0.4 is 9.98 Å². The van der Waals surface area contributed by atoms with Crippen molar-refractivity contribution >= 4 is 29.7 Å². The highest BCUT2D eigenvalue weighted by Crippen LogP contribution is 2.35. The van der Waals surface area contributed by atoms with Crippen molar-refractivity contribution < 1.29 is 4.74 Å². The number of hydrogen-bond donors (Lipinski definition) is 1. The van der Waals surface area contributed by atoms with E-state index in [1.165, 1.54) is 25.7 Å². The molecule has 1 N–H and O–H groups in total. The lowest BCUT2D eigenvalue weighted by atomic mass is 10.0. The monoisotopic (exact) mass is 476 g/mol. The Morgan fingerprint density at radius 1 is 1.12 bits per heavy atom. The molecule has 34 heavy (non-hydrogen) atoms. The van der Waals surface area contributed by atoms with Crippen molar-refractivity contribution in [3.05, 3.63) is 47.2 Å². The third-order valence-corrected chi connectivity index (χ3v) is 6.89. The quantitative estimate of drug-likeness (QED) is 0.582. The van der Waals surface area contributed by atoms with Gasteiger partial charge in [-0.15, -0.1) is 5.10 Å². The Labute approximate surface area is 203 Å². The van der Waals surface area contributed by atoms with E-state index in [1.54, 1.807) is 0 Å². The molecule has 2 fully saturated rings. The Balaban J connectivity index is 1.46. The molecule has 0 radical (unpaired) electrons. The van der Waals surface area contributed by atoms with Crippen LogP contribution in [0.2, 0.25) is 5.02 Å². The van der Waals surface area contributed by atoms with Crippen molar-refractivity contribution in [1.29, 1.82) is 0 Å². The molecule has 1 saturated carbocycles. The molecule has 9 heteroatoms. The lowest BCUT2D eigenvalue weighted by molar-refractivity contribution is 0.0662. The van der Waals surface area contributed by atoms with Gasteiger partial charge < -0.3 is 10.1 Å². The maximum atomic E-state index is 6.37. The number of morpholine rings is 1. The van der Waals surface area contributed by atoms with Gasteiger partial charge in [-0.1, -0.05) is 41.3 Å². The molecule has 0 unspecified atom stereocenters. The topological polar surface area (TPSA) is 82.2 Å². The molecule has 6 rings (SSSR count). The molecular weight excluding hydrogens is 450 g/mol. The maximum absolute atomic E-state index is 6.37. The molecule has 2 aliphatic heterocycles. The van der Waals surface area contributed by atoms with Gasteiger partial charge in [-0.05, 0) is 31.0 Å². The molecule has 0 bridgehead atoms. The van der Waals surface area contributed by atoms with E-state index in [2.05, 4.69) is 15.2 Å². The fourth-order valence-corrected chi connectivity index (χ4v) is 5.17. The molecule has 2 aromatic heterocycles. The summed E-state index contributed by atoms with van der Waals surface area (Å²) in [5, 5.41) is 9.28. The van der Waals surface area contributed by atoms with Gasteiger partial charge in [0.1, 0.15) is 17.6 Å². The van der Waals surface area contributed by atoms with E-state index < -0.39 is 0 Å². The highest BCUT2D eigenvalue weighted by Gasteiger charge is 2.35. The van der Waals surface area contributed by atoms with Crippen LogP contribution >= 0.6 is 11.6 Å². The standard InChI is InChI=1S/C25H27ClN7O/c26-18-5-3-4-17(16-18)23-22(20-8-10-27-24(30-20)29-19-6-1-2-7-19)21-9-11-28-25(33(21)31-23)32-12-14-34-15-13-32/h3-5,8,10-11,16,19H,1-2,6-7,9,12-15H2,(H,27,29,30)/q+1. The van der Waals surface area contributed by atoms with Gasteiger partial charge in [-0.25, -0.2) is 19.5 Å². The zero-order valence-corrected chi connectivity index (χ0v) is 19.7.